The summed E-state index contributed by atoms with van der Waals surface area (Å²) in [5.41, 5.74) is 0.822. The minimum absolute atomic E-state index is 0.0000392. The highest BCUT2D eigenvalue weighted by Crippen LogP contribution is 2.46. The van der Waals surface area contributed by atoms with E-state index in [-0.39, 0.29) is 22.8 Å². The molecule has 1 aromatic carbocycles. The summed E-state index contributed by atoms with van der Waals surface area (Å²) in [4.78, 5) is 0. The van der Waals surface area contributed by atoms with Crippen LogP contribution in [0.25, 0.3) is 0 Å². The van der Waals surface area contributed by atoms with Gasteiger partial charge >= 0.3 is 0 Å². The average Bonchev–Trinajstić information content (AvgIpc) is 2.21. The minimum atomic E-state index is -0.339. The van der Waals surface area contributed by atoms with Crippen LogP contribution in [0.1, 0.15) is 40.0 Å². The van der Waals surface area contributed by atoms with Gasteiger partial charge in [-0.15, -0.1) is 0 Å². The maximum Gasteiger partial charge on any atom is 0.126 e. The summed E-state index contributed by atoms with van der Waals surface area (Å²) in [6.07, 6.45) is 2.38. The van der Waals surface area contributed by atoms with Crippen molar-refractivity contribution >= 4 is 17.3 Å². The summed E-state index contributed by atoms with van der Waals surface area (Å²) in [6.45, 7) is 7.25. The molecule has 112 valence electrons. The van der Waals surface area contributed by atoms with Gasteiger partial charge in [-0.25, -0.2) is 4.39 Å². The normalized spacial score (nSPS) is 29.2. The standard InChI is InChI=1S/C16H23ClFNO/c1-15(2)7-14(20)8-16(3,9-15)10-19-13-5-11(17)4-12(18)6-13/h4-6,14,19-20H,7-10H2,1-3H3/t14-,16-/m0/s1. The van der Waals surface area contributed by atoms with Crippen molar-refractivity contribution in [1.29, 1.82) is 0 Å². The number of aliphatic hydroxyl groups excluding tert-OH is 1. The molecule has 2 N–H and O–H groups in total. The lowest BCUT2D eigenvalue weighted by atomic mass is 9.63. The van der Waals surface area contributed by atoms with Crippen molar-refractivity contribution in [1.82, 2.24) is 0 Å². The first-order chi connectivity index (χ1) is 9.17. The molecule has 0 spiro atoms. The molecular weight excluding hydrogens is 277 g/mol. The van der Waals surface area contributed by atoms with Crippen molar-refractivity contribution in [3.8, 4) is 0 Å². The first kappa shape index (κ1) is 15.6. The van der Waals surface area contributed by atoms with Gasteiger partial charge in [0.25, 0.3) is 0 Å². The predicted molar refractivity (Wildman–Crippen MR) is 81.6 cm³/mol. The molecule has 1 aliphatic carbocycles. The van der Waals surface area contributed by atoms with E-state index in [1.807, 2.05) is 0 Å². The molecule has 4 heteroatoms. The fourth-order valence-electron chi connectivity index (χ4n) is 3.68. The van der Waals surface area contributed by atoms with Crippen molar-refractivity contribution in [2.45, 2.75) is 46.1 Å². The number of hydrogen-bond acceptors (Lipinski definition) is 2. The van der Waals surface area contributed by atoms with Gasteiger partial charge in [0.15, 0.2) is 0 Å². The lowest BCUT2D eigenvalue weighted by Crippen LogP contribution is -2.42. The van der Waals surface area contributed by atoms with Crippen molar-refractivity contribution in [3.63, 3.8) is 0 Å². The van der Waals surface area contributed by atoms with E-state index in [1.165, 1.54) is 12.1 Å². The average molecular weight is 300 g/mol. The van der Waals surface area contributed by atoms with Crippen LogP contribution < -0.4 is 5.32 Å². The van der Waals surface area contributed by atoms with Crippen LogP contribution in [0.5, 0.6) is 0 Å². The fourth-order valence-corrected chi connectivity index (χ4v) is 3.91. The number of halogens is 2. The van der Waals surface area contributed by atoms with Gasteiger partial charge in [-0.05, 0) is 48.3 Å². The molecule has 1 saturated carbocycles. The number of rotatable bonds is 3. The summed E-state index contributed by atoms with van der Waals surface area (Å²) in [6, 6.07) is 4.46. The topological polar surface area (TPSA) is 32.3 Å². The van der Waals surface area contributed by atoms with Crippen LogP contribution in [-0.2, 0) is 0 Å². The highest BCUT2D eigenvalue weighted by Gasteiger charge is 2.40. The van der Waals surface area contributed by atoms with Crippen LogP contribution in [0.2, 0.25) is 5.02 Å². The molecule has 1 aromatic rings. The third kappa shape index (κ3) is 4.10. The first-order valence-electron chi connectivity index (χ1n) is 7.06. The quantitative estimate of drug-likeness (QED) is 0.863. The number of nitrogens with one attached hydrogen (secondary N) is 1. The molecule has 2 nitrogen and oxygen atoms in total. The molecule has 1 aliphatic rings. The van der Waals surface area contributed by atoms with Gasteiger partial charge < -0.3 is 10.4 Å². The van der Waals surface area contributed by atoms with E-state index >= 15 is 0 Å². The molecule has 0 unspecified atom stereocenters. The second-order valence-corrected chi connectivity index (χ2v) is 7.66. The molecule has 1 fully saturated rings. The van der Waals surface area contributed by atoms with Crippen molar-refractivity contribution < 1.29 is 9.50 Å². The zero-order valence-electron chi connectivity index (χ0n) is 12.3. The Labute approximate surface area is 125 Å². The Morgan fingerprint density at radius 3 is 2.60 bits per heavy atom. The zero-order chi connectivity index (χ0) is 15.0. The molecule has 2 rings (SSSR count). The lowest BCUT2D eigenvalue weighted by Gasteiger charge is -2.45. The second kappa shape index (κ2) is 5.53. The molecule has 0 bridgehead atoms. The first-order valence-corrected chi connectivity index (χ1v) is 7.43. The number of anilines is 1. The molecule has 0 heterocycles. The molecule has 0 saturated heterocycles. The van der Waals surface area contributed by atoms with E-state index in [2.05, 4.69) is 26.1 Å². The highest BCUT2D eigenvalue weighted by molar-refractivity contribution is 6.30. The Bertz CT molecular complexity index is 471. The van der Waals surface area contributed by atoms with Crippen molar-refractivity contribution in [2.75, 3.05) is 11.9 Å². The van der Waals surface area contributed by atoms with Crippen LogP contribution in [0.15, 0.2) is 18.2 Å². The van der Waals surface area contributed by atoms with Crippen LogP contribution in [0.4, 0.5) is 10.1 Å². The van der Waals surface area contributed by atoms with Gasteiger partial charge in [-0.3, -0.25) is 0 Å². The Morgan fingerprint density at radius 1 is 1.30 bits per heavy atom. The lowest BCUT2D eigenvalue weighted by molar-refractivity contribution is -0.00317. The van der Waals surface area contributed by atoms with Crippen LogP contribution in [0.3, 0.4) is 0 Å². The second-order valence-electron chi connectivity index (χ2n) is 7.23. The Hall–Kier alpha value is -0.800. The maximum atomic E-state index is 13.3. The predicted octanol–water partition coefficient (Wildman–Crippen LogP) is 4.47. The summed E-state index contributed by atoms with van der Waals surface area (Å²) < 4.78 is 13.3. The van der Waals surface area contributed by atoms with Crippen molar-refractivity contribution in [2.24, 2.45) is 10.8 Å². The van der Waals surface area contributed by atoms with Crippen molar-refractivity contribution in [3.05, 3.63) is 29.0 Å². The van der Waals surface area contributed by atoms with Crippen LogP contribution >= 0.6 is 11.6 Å². The Kier molecular flexibility index (Phi) is 4.31. The number of benzene rings is 1. The molecule has 0 amide bonds. The smallest absolute Gasteiger partial charge is 0.126 e. The number of aliphatic hydroxyl groups is 1. The molecule has 20 heavy (non-hydrogen) atoms. The minimum Gasteiger partial charge on any atom is -0.393 e. The Morgan fingerprint density at radius 2 is 2.00 bits per heavy atom. The third-order valence-electron chi connectivity index (χ3n) is 4.00. The molecule has 0 aliphatic heterocycles. The number of hydrogen-bond donors (Lipinski definition) is 2. The van der Waals surface area contributed by atoms with Gasteiger partial charge in [-0.2, -0.15) is 0 Å². The maximum absolute atomic E-state index is 13.3. The zero-order valence-corrected chi connectivity index (χ0v) is 13.1. The van der Waals surface area contributed by atoms with Gasteiger partial charge in [-0.1, -0.05) is 32.4 Å². The van der Waals surface area contributed by atoms with Gasteiger partial charge in [0.1, 0.15) is 5.82 Å². The van der Waals surface area contributed by atoms with E-state index in [0.29, 0.717) is 17.3 Å². The largest absolute Gasteiger partial charge is 0.393 e. The fraction of sp³-hybridized carbons (Fsp3) is 0.625. The Balaban J connectivity index is 2.05. The molecule has 2 atom stereocenters. The monoisotopic (exact) mass is 299 g/mol. The van der Waals surface area contributed by atoms with Crippen LogP contribution in [0, 0.1) is 16.6 Å². The highest BCUT2D eigenvalue weighted by atomic mass is 35.5. The SMILES string of the molecule is CC1(C)C[C@H](O)C[C@](C)(CNc2cc(F)cc(Cl)c2)C1. The van der Waals surface area contributed by atoms with E-state index in [4.69, 9.17) is 11.6 Å². The summed E-state index contributed by atoms with van der Waals surface area (Å²) in [5, 5.41) is 13.7. The molecule has 0 radical (unpaired) electrons. The summed E-state index contributed by atoms with van der Waals surface area (Å²) in [7, 11) is 0. The van der Waals surface area contributed by atoms with E-state index < -0.39 is 0 Å². The van der Waals surface area contributed by atoms with Gasteiger partial charge in [0, 0.05) is 17.3 Å². The van der Waals surface area contributed by atoms with Gasteiger partial charge in [0.2, 0.25) is 0 Å². The summed E-state index contributed by atoms with van der Waals surface area (Å²) in [5.74, 6) is -0.339. The summed E-state index contributed by atoms with van der Waals surface area (Å²) >= 11 is 5.85. The third-order valence-corrected chi connectivity index (χ3v) is 4.22. The molecular formula is C16H23ClFNO. The van der Waals surface area contributed by atoms with Gasteiger partial charge in [0.05, 0.1) is 6.10 Å². The van der Waals surface area contributed by atoms with E-state index in [1.54, 1.807) is 6.07 Å². The van der Waals surface area contributed by atoms with E-state index in [0.717, 1.165) is 19.3 Å². The molecule has 0 aromatic heterocycles. The van der Waals surface area contributed by atoms with E-state index in [9.17, 15) is 9.50 Å². The van der Waals surface area contributed by atoms with Crippen LogP contribution in [-0.4, -0.2) is 17.8 Å².